The lowest BCUT2D eigenvalue weighted by Crippen LogP contribution is -2.29. The summed E-state index contributed by atoms with van der Waals surface area (Å²) in [4.78, 5) is 39.0. The molecule has 0 fully saturated rings. The molecule has 1 rings (SSSR count). The van der Waals surface area contributed by atoms with Crippen LogP contribution in [0.3, 0.4) is 0 Å². The summed E-state index contributed by atoms with van der Waals surface area (Å²) in [5, 5.41) is 6.19. The summed E-state index contributed by atoms with van der Waals surface area (Å²) < 4.78 is 0. The summed E-state index contributed by atoms with van der Waals surface area (Å²) in [5.41, 5.74) is 0.313. The molecule has 1 aromatic rings. The first-order valence-corrected chi connectivity index (χ1v) is 6.35. The summed E-state index contributed by atoms with van der Waals surface area (Å²) in [7, 11) is 1.33. The van der Waals surface area contributed by atoms with E-state index in [0.717, 1.165) is 21.9 Å². The third-order valence-corrected chi connectivity index (χ3v) is 2.82. The summed E-state index contributed by atoms with van der Waals surface area (Å²) in [6.45, 7) is 0. The summed E-state index contributed by atoms with van der Waals surface area (Å²) in [6, 6.07) is 6.47. The van der Waals surface area contributed by atoms with Crippen molar-refractivity contribution in [3.63, 3.8) is 0 Å². The minimum atomic E-state index is -0.643. The van der Waals surface area contributed by atoms with E-state index < -0.39 is 11.9 Å². The van der Waals surface area contributed by atoms with Crippen molar-refractivity contribution in [1.82, 2.24) is 5.06 Å². The van der Waals surface area contributed by atoms with Crippen molar-refractivity contribution in [2.75, 3.05) is 7.05 Å². The Hall–Kier alpha value is -1.86. The lowest BCUT2D eigenvalue weighted by atomic mass is 10.2. The quantitative estimate of drug-likeness (QED) is 0.495. The molecule has 0 radical (unpaired) electrons. The Kier molecular flexibility index (Phi) is 6.04. The Balaban J connectivity index is 2.57. The fourth-order valence-corrected chi connectivity index (χ4v) is 1.53. The molecule has 0 saturated heterocycles. The van der Waals surface area contributed by atoms with Gasteiger partial charge in [0, 0.05) is 24.8 Å². The van der Waals surface area contributed by atoms with Gasteiger partial charge in [-0.25, -0.2) is 4.79 Å². The minimum absolute atomic E-state index is 0.00995. The first-order valence-electron chi connectivity index (χ1n) is 5.47. The molecule has 102 valence electrons. The van der Waals surface area contributed by atoms with E-state index in [0.29, 0.717) is 11.8 Å². The average Bonchev–Trinajstić information content (AvgIpc) is 2.44. The number of benzene rings is 1. The Morgan fingerprint density at radius 1 is 1.37 bits per heavy atom. The fraction of sp³-hybridized carbons (Fsp3) is 0.250. The fourth-order valence-electron chi connectivity index (χ4n) is 1.24. The van der Waals surface area contributed by atoms with Gasteiger partial charge in [0.05, 0.1) is 5.56 Å². The summed E-state index contributed by atoms with van der Waals surface area (Å²) >= 11 is 1.07. The molecule has 0 bridgehead atoms. The summed E-state index contributed by atoms with van der Waals surface area (Å²) in [6.07, 6.45) is 0.746. The van der Waals surface area contributed by atoms with Crippen LogP contribution in [0.1, 0.15) is 23.2 Å². The molecule has 0 aromatic heterocycles. The lowest BCUT2D eigenvalue weighted by molar-refractivity contribution is -0.161. The molecule has 0 saturated carbocycles. The first-order chi connectivity index (χ1) is 9.08. The van der Waals surface area contributed by atoms with Gasteiger partial charge in [-0.1, -0.05) is 0 Å². The number of carbonyl (C=O) groups is 3. The van der Waals surface area contributed by atoms with E-state index in [4.69, 9.17) is 9.98 Å². The van der Waals surface area contributed by atoms with Crippen molar-refractivity contribution >= 4 is 30.1 Å². The van der Waals surface area contributed by atoms with E-state index >= 15 is 0 Å². The number of hydroxylamine groups is 2. The number of amides is 1. The van der Waals surface area contributed by atoms with Gasteiger partial charge in [-0.2, -0.15) is 5.06 Å². The van der Waals surface area contributed by atoms with Crippen molar-refractivity contribution in [3.8, 4) is 0 Å². The van der Waals surface area contributed by atoms with Crippen LogP contribution in [0.25, 0.3) is 0 Å². The van der Waals surface area contributed by atoms with Crippen LogP contribution in [-0.2, 0) is 14.4 Å². The Morgan fingerprint density at radius 2 is 2.00 bits per heavy atom. The molecule has 0 aliphatic rings. The Bertz CT molecular complexity index is 461. The molecule has 19 heavy (non-hydrogen) atoms. The highest BCUT2D eigenvalue weighted by molar-refractivity contribution is 7.97. The van der Waals surface area contributed by atoms with Gasteiger partial charge in [0.25, 0.3) is 5.91 Å². The molecular weight excluding hydrogens is 268 g/mol. The van der Waals surface area contributed by atoms with Crippen molar-refractivity contribution in [1.29, 1.82) is 0 Å². The largest absolute Gasteiger partial charge is 0.363 e. The van der Waals surface area contributed by atoms with E-state index in [9.17, 15) is 14.4 Å². The molecule has 1 amide bonds. The van der Waals surface area contributed by atoms with Crippen LogP contribution >= 0.6 is 11.9 Å². The molecule has 1 aromatic carbocycles. The number of hydrogen-bond donors (Lipinski definition) is 1. The average molecular weight is 282 g/mol. The predicted molar refractivity (Wildman–Crippen MR) is 70.0 cm³/mol. The van der Waals surface area contributed by atoms with E-state index in [2.05, 4.69) is 0 Å². The Labute approximate surface area is 115 Å². The van der Waals surface area contributed by atoms with Crippen LogP contribution in [0.2, 0.25) is 0 Å². The molecular formula is C12H14N2O4S. The molecule has 0 aliphatic heterocycles. The van der Waals surface area contributed by atoms with E-state index in [-0.39, 0.29) is 12.8 Å². The second kappa shape index (κ2) is 7.55. The maximum absolute atomic E-state index is 11.7. The van der Waals surface area contributed by atoms with Crippen LogP contribution < -0.4 is 5.14 Å². The SMILES string of the molecule is CN(OC(=O)c1ccc(SN)cc1)C(=O)CCC=O. The normalized spacial score (nSPS) is 9.79. The highest BCUT2D eigenvalue weighted by Crippen LogP contribution is 2.13. The number of nitrogens with zero attached hydrogens (tertiary/aromatic N) is 1. The van der Waals surface area contributed by atoms with Gasteiger partial charge >= 0.3 is 5.97 Å². The zero-order valence-corrected chi connectivity index (χ0v) is 11.2. The second-order valence-corrected chi connectivity index (χ2v) is 4.32. The lowest BCUT2D eigenvalue weighted by Gasteiger charge is -2.15. The van der Waals surface area contributed by atoms with Gasteiger partial charge in [-0.3, -0.25) is 9.93 Å². The van der Waals surface area contributed by atoms with Crippen LogP contribution in [0.5, 0.6) is 0 Å². The maximum Gasteiger partial charge on any atom is 0.363 e. The number of rotatable bonds is 5. The van der Waals surface area contributed by atoms with Crippen LogP contribution in [0.4, 0.5) is 0 Å². The zero-order chi connectivity index (χ0) is 14.3. The van der Waals surface area contributed by atoms with Crippen molar-refractivity contribution < 1.29 is 19.2 Å². The van der Waals surface area contributed by atoms with Crippen molar-refractivity contribution in [2.45, 2.75) is 17.7 Å². The van der Waals surface area contributed by atoms with Gasteiger partial charge in [-0.15, -0.1) is 0 Å². The highest BCUT2D eigenvalue weighted by atomic mass is 32.2. The summed E-state index contributed by atoms with van der Waals surface area (Å²) in [5.74, 6) is -1.08. The zero-order valence-electron chi connectivity index (χ0n) is 10.4. The highest BCUT2D eigenvalue weighted by Gasteiger charge is 2.15. The van der Waals surface area contributed by atoms with Gasteiger partial charge in [0.1, 0.15) is 6.29 Å². The molecule has 6 nitrogen and oxygen atoms in total. The number of aldehydes is 1. The van der Waals surface area contributed by atoms with Gasteiger partial charge in [0.15, 0.2) is 0 Å². The number of hydrogen-bond acceptors (Lipinski definition) is 6. The van der Waals surface area contributed by atoms with Crippen LogP contribution in [0.15, 0.2) is 29.2 Å². The minimum Gasteiger partial charge on any atom is -0.333 e. The molecule has 2 N–H and O–H groups in total. The molecule has 0 heterocycles. The second-order valence-electron chi connectivity index (χ2n) is 3.62. The van der Waals surface area contributed by atoms with E-state index in [1.165, 1.54) is 7.05 Å². The van der Waals surface area contributed by atoms with Crippen LogP contribution in [0, 0.1) is 0 Å². The van der Waals surface area contributed by atoms with Crippen LogP contribution in [-0.4, -0.2) is 30.3 Å². The third kappa shape index (κ3) is 4.72. The standard InChI is InChI=1S/C12H14N2O4S/c1-14(11(16)3-2-8-15)18-12(17)9-4-6-10(19-13)7-5-9/h4-8H,2-3,13H2,1H3. The topological polar surface area (TPSA) is 89.7 Å². The molecule has 7 heteroatoms. The number of carbonyl (C=O) groups excluding carboxylic acids is 3. The first kappa shape index (κ1) is 15.2. The van der Waals surface area contributed by atoms with Gasteiger partial charge in [-0.05, 0) is 36.2 Å². The van der Waals surface area contributed by atoms with E-state index in [1.54, 1.807) is 24.3 Å². The predicted octanol–water partition coefficient (Wildman–Crippen LogP) is 1.16. The van der Waals surface area contributed by atoms with Crippen molar-refractivity contribution in [3.05, 3.63) is 29.8 Å². The molecule has 0 spiro atoms. The Morgan fingerprint density at radius 3 is 2.53 bits per heavy atom. The van der Waals surface area contributed by atoms with Gasteiger partial charge in [0.2, 0.25) is 0 Å². The number of nitrogens with two attached hydrogens (primary N) is 1. The molecule has 0 aliphatic carbocycles. The molecule has 0 unspecified atom stereocenters. The maximum atomic E-state index is 11.7. The van der Waals surface area contributed by atoms with Crippen molar-refractivity contribution in [2.24, 2.45) is 5.14 Å². The smallest absolute Gasteiger partial charge is 0.333 e. The van der Waals surface area contributed by atoms with E-state index in [1.807, 2.05) is 0 Å². The molecule has 0 atom stereocenters. The third-order valence-electron chi connectivity index (χ3n) is 2.27. The van der Waals surface area contributed by atoms with Gasteiger partial charge < -0.3 is 9.63 Å². The monoisotopic (exact) mass is 282 g/mol.